The highest BCUT2D eigenvalue weighted by Gasteiger charge is 1.97. The second kappa shape index (κ2) is 6.38. The van der Waals surface area contributed by atoms with Crippen LogP contribution in [-0.2, 0) is 0 Å². The van der Waals surface area contributed by atoms with Gasteiger partial charge in [-0.25, -0.2) is 0 Å². The molecule has 0 saturated heterocycles. The Morgan fingerprint density at radius 3 is 2.90 bits per heavy atom. The highest BCUT2D eigenvalue weighted by Crippen LogP contribution is 2.00. The topological polar surface area (TPSA) is 20.2 Å². The van der Waals surface area contributed by atoms with Crippen molar-refractivity contribution in [2.75, 3.05) is 0 Å². The lowest BCUT2D eigenvalue weighted by molar-refractivity contribution is 0.170. The van der Waals surface area contributed by atoms with E-state index >= 15 is 0 Å². The van der Waals surface area contributed by atoms with E-state index in [9.17, 15) is 0 Å². The molecule has 0 aliphatic heterocycles. The van der Waals surface area contributed by atoms with Crippen molar-refractivity contribution in [3.05, 3.63) is 12.7 Å². The van der Waals surface area contributed by atoms with Gasteiger partial charge in [-0.2, -0.15) is 0 Å². The minimum atomic E-state index is -0.252. The normalized spacial score (nSPS) is 11.4. The number of aliphatic hydroxyl groups is 1. The molecule has 0 aliphatic rings. The Morgan fingerprint density at radius 2 is 2.40 bits per heavy atom. The van der Waals surface area contributed by atoms with Crippen LogP contribution < -0.4 is 0 Å². The summed E-state index contributed by atoms with van der Waals surface area (Å²) in [7, 11) is 0. The Hall–Kier alpha value is -0.740. The van der Waals surface area contributed by atoms with Crippen molar-refractivity contribution in [1.29, 1.82) is 0 Å². The third kappa shape index (κ3) is 5.40. The van der Waals surface area contributed by atoms with E-state index in [1.54, 1.807) is 13.0 Å². The molecule has 0 rings (SSSR count). The van der Waals surface area contributed by atoms with Crippen LogP contribution in [0.4, 0.5) is 0 Å². The predicted molar refractivity (Wildman–Crippen MR) is 43.5 cm³/mol. The van der Waals surface area contributed by atoms with Crippen molar-refractivity contribution in [3.8, 4) is 11.8 Å². The molecular formula is C9H14O. The first kappa shape index (κ1) is 9.26. The summed E-state index contributed by atoms with van der Waals surface area (Å²) in [6.07, 6.45) is 3.69. The molecule has 0 aromatic heterocycles. The maximum Gasteiger partial charge on any atom is 0.0583 e. The first-order chi connectivity index (χ1) is 4.81. The molecule has 0 bridgehead atoms. The molecule has 0 aromatic carbocycles. The Morgan fingerprint density at radius 1 is 1.70 bits per heavy atom. The van der Waals surface area contributed by atoms with Crippen LogP contribution >= 0.6 is 0 Å². The monoisotopic (exact) mass is 138 g/mol. The second-order valence-corrected chi connectivity index (χ2v) is 2.14. The largest absolute Gasteiger partial charge is 0.393 e. The first-order valence-corrected chi connectivity index (χ1v) is 3.49. The molecule has 0 aromatic rings. The average molecular weight is 138 g/mol. The third-order valence-electron chi connectivity index (χ3n) is 1.22. The fourth-order valence-corrected chi connectivity index (χ4v) is 0.674. The zero-order chi connectivity index (χ0) is 7.82. The Balaban J connectivity index is 3.26. The molecule has 0 heterocycles. The lowest BCUT2D eigenvalue weighted by Crippen LogP contribution is -2.03. The molecule has 1 unspecified atom stereocenters. The van der Waals surface area contributed by atoms with E-state index in [1.165, 1.54) is 0 Å². The van der Waals surface area contributed by atoms with Gasteiger partial charge in [-0.15, -0.1) is 18.4 Å². The predicted octanol–water partition coefficient (Wildman–Crippen LogP) is 1.73. The van der Waals surface area contributed by atoms with Crippen LogP contribution in [0, 0.1) is 11.8 Å². The number of aliphatic hydroxyl groups excluding tert-OH is 1. The molecule has 0 spiro atoms. The number of hydrogen-bond acceptors (Lipinski definition) is 1. The van der Waals surface area contributed by atoms with Gasteiger partial charge in [-0.05, 0) is 19.8 Å². The van der Waals surface area contributed by atoms with Gasteiger partial charge in [0.05, 0.1) is 6.10 Å². The van der Waals surface area contributed by atoms with Crippen LogP contribution in [-0.4, -0.2) is 11.2 Å². The fourth-order valence-electron chi connectivity index (χ4n) is 0.674. The van der Waals surface area contributed by atoms with E-state index in [4.69, 9.17) is 5.11 Å². The Labute approximate surface area is 62.8 Å². The smallest absolute Gasteiger partial charge is 0.0583 e. The summed E-state index contributed by atoms with van der Waals surface area (Å²) < 4.78 is 0. The summed E-state index contributed by atoms with van der Waals surface area (Å²) in [6, 6.07) is 0. The van der Waals surface area contributed by atoms with Gasteiger partial charge < -0.3 is 5.11 Å². The van der Waals surface area contributed by atoms with Crippen molar-refractivity contribution in [3.63, 3.8) is 0 Å². The highest BCUT2D eigenvalue weighted by molar-refractivity contribution is 4.95. The SMILES string of the molecule is C=CCC(O)CCC#CC. The van der Waals surface area contributed by atoms with Crippen LogP contribution in [0.5, 0.6) is 0 Å². The molecule has 0 radical (unpaired) electrons. The Kier molecular flexibility index (Phi) is 5.91. The summed E-state index contributed by atoms with van der Waals surface area (Å²) >= 11 is 0. The summed E-state index contributed by atoms with van der Waals surface area (Å²) in [5.74, 6) is 5.67. The molecule has 1 atom stereocenters. The van der Waals surface area contributed by atoms with Crippen molar-refractivity contribution in [2.45, 2.75) is 32.3 Å². The summed E-state index contributed by atoms with van der Waals surface area (Å²) in [4.78, 5) is 0. The van der Waals surface area contributed by atoms with Crippen molar-refractivity contribution in [1.82, 2.24) is 0 Å². The van der Waals surface area contributed by atoms with Gasteiger partial charge in [0.1, 0.15) is 0 Å². The molecule has 0 aliphatic carbocycles. The summed E-state index contributed by atoms with van der Waals surface area (Å²) in [6.45, 7) is 5.34. The van der Waals surface area contributed by atoms with Gasteiger partial charge in [0.2, 0.25) is 0 Å². The van der Waals surface area contributed by atoms with E-state index in [-0.39, 0.29) is 6.10 Å². The minimum Gasteiger partial charge on any atom is -0.393 e. The van der Waals surface area contributed by atoms with E-state index in [2.05, 4.69) is 18.4 Å². The first-order valence-electron chi connectivity index (χ1n) is 3.49. The van der Waals surface area contributed by atoms with Crippen LogP contribution in [0.1, 0.15) is 26.2 Å². The average Bonchev–Trinajstić information content (AvgIpc) is 1.89. The molecule has 1 nitrogen and oxygen atoms in total. The molecule has 10 heavy (non-hydrogen) atoms. The summed E-state index contributed by atoms with van der Waals surface area (Å²) in [5.41, 5.74) is 0. The number of rotatable bonds is 4. The van der Waals surface area contributed by atoms with E-state index < -0.39 is 0 Å². The van der Waals surface area contributed by atoms with E-state index in [1.807, 2.05) is 0 Å². The zero-order valence-electron chi connectivity index (χ0n) is 6.43. The lowest BCUT2D eigenvalue weighted by Gasteiger charge is -2.02. The van der Waals surface area contributed by atoms with Gasteiger partial charge in [-0.1, -0.05) is 6.08 Å². The summed E-state index contributed by atoms with van der Waals surface area (Å²) in [5, 5.41) is 9.14. The van der Waals surface area contributed by atoms with Crippen LogP contribution in [0.2, 0.25) is 0 Å². The van der Waals surface area contributed by atoms with Crippen molar-refractivity contribution < 1.29 is 5.11 Å². The van der Waals surface area contributed by atoms with E-state index in [0.717, 1.165) is 12.8 Å². The molecule has 1 heteroatoms. The lowest BCUT2D eigenvalue weighted by atomic mass is 10.1. The highest BCUT2D eigenvalue weighted by atomic mass is 16.3. The Bertz CT molecular complexity index is 139. The molecule has 0 saturated carbocycles. The maximum absolute atomic E-state index is 9.14. The maximum atomic E-state index is 9.14. The van der Waals surface area contributed by atoms with Gasteiger partial charge in [0, 0.05) is 6.42 Å². The van der Waals surface area contributed by atoms with Crippen LogP contribution in [0.15, 0.2) is 12.7 Å². The molecular weight excluding hydrogens is 124 g/mol. The third-order valence-corrected chi connectivity index (χ3v) is 1.22. The second-order valence-electron chi connectivity index (χ2n) is 2.14. The minimum absolute atomic E-state index is 0.252. The van der Waals surface area contributed by atoms with Crippen molar-refractivity contribution in [2.24, 2.45) is 0 Å². The van der Waals surface area contributed by atoms with Crippen LogP contribution in [0.25, 0.3) is 0 Å². The zero-order valence-corrected chi connectivity index (χ0v) is 6.43. The molecule has 0 fully saturated rings. The van der Waals surface area contributed by atoms with Gasteiger partial charge >= 0.3 is 0 Å². The number of hydrogen-bond donors (Lipinski definition) is 1. The van der Waals surface area contributed by atoms with Gasteiger partial charge in [0.25, 0.3) is 0 Å². The van der Waals surface area contributed by atoms with E-state index in [0.29, 0.717) is 6.42 Å². The van der Waals surface area contributed by atoms with Gasteiger partial charge in [-0.3, -0.25) is 0 Å². The van der Waals surface area contributed by atoms with Crippen molar-refractivity contribution >= 4 is 0 Å². The molecule has 1 N–H and O–H groups in total. The standard InChI is InChI=1S/C9H14O/c1-3-5-6-8-9(10)7-4-2/h4,9-10H,2,6-8H2,1H3. The molecule has 0 amide bonds. The van der Waals surface area contributed by atoms with Crippen LogP contribution in [0.3, 0.4) is 0 Å². The quantitative estimate of drug-likeness (QED) is 0.463. The fraction of sp³-hybridized carbons (Fsp3) is 0.556. The molecule has 56 valence electrons. The van der Waals surface area contributed by atoms with Gasteiger partial charge in [0.15, 0.2) is 0 Å².